The van der Waals surface area contributed by atoms with Gasteiger partial charge in [-0.2, -0.15) is 0 Å². The van der Waals surface area contributed by atoms with E-state index in [9.17, 15) is 4.79 Å². The second-order valence-corrected chi connectivity index (χ2v) is 3.78. The summed E-state index contributed by atoms with van der Waals surface area (Å²) in [6.07, 6.45) is 0. The van der Waals surface area contributed by atoms with Crippen molar-refractivity contribution in [2.75, 3.05) is 27.2 Å². The zero-order valence-corrected chi connectivity index (χ0v) is 8.35. The Morgan fingerprint density at radius 1 is 1.50 bits per heavy atom. The molecule has 0 aromatic rings. The maximum atomic E-state index is 10.4. The first kappa shape index (κ1) is 11.4. The average molecular weight is 173 g/mol. The molecule has 0 spiro atoms. The third-order valence-electron chi connectivity index (χ3n) is 2.07. The van der Waals surface area contributed by atoms with E-state index in [1.165, 1.54) is 0 Å². The van der Waals surface area contributed by atoms with Gasteiger partial charge in [-0.3, -0.25) is 4.79 Å². The minimum Gasteiger partial charge on any atom is -0.369 e. The Balaban J connectivity index is 3.69. The number of hydrogen-bond acceptors (Lipinski definition) is 3. The highest BCUT2D eigenvalue weighted by atomic mass is 16.1. The van der Waals surface area contributed by atoms with Gasteiger partial charge in [0, 0.05) is 12.1 Å². The molecular weight excluding hydrogens is 154 g/mol. The number of amides is 1. The van der Waals surface area contributed by atoms with Gasteiger partial charge in [-0.15, -0.1) is 0 Å². The molecule has 0 radical (unpaired) electrons. The fraction of sp³-hybridized carbons (Fsp3) is 0.875. The van der Waals surface area contributed by atoms with Crippen LogP contribution in [0.1, 0.15) is 13.8 Å². The molecule has 72 valence electrons. The summed E-state index contributed by atoms with van der Waals surface area (Å²) in [5, 5.41) is 2.99. The first-order chi connectivity index (χ1) is 5.36. The van der Waals surface area contributed by atoms with Crippen molar-refractivity contribution in [2.24, 2.45) is 5.73 Å². The summed E-state index contributed by atoms with van der Waals surface area (Å²) >= 11 is 0. The zero-order valence-electron chi connectivity index (χ0n) is 8.35. The molecule has 0 bridgehead atoms. The summed E-state index contributed by atoms with van der Waals surface area (Å²) in [6, 6.07) is 0. The average Bonchev–Trinajstić information content (AvgIpc) is 1.85. The second kappa shape index (κ2) is 4.42. The van der Waals surface area contributed by atoms with Crippen molar-refractivity contribution in [3.63, 3.8) is 0 Å². The topological polar surface area (TPSA) is 58.4 Å². The molecule has 0 aliphatic carbocycles. The Labute approximate surface area is 74.1 Å². The van der Waals surface area contributed by atoms with Crippen LogP contribution in [0, 0.1) is 0 Å². The number of nitrogens with zero attached hydrogens (tertiary/aromatic N) is 1. The van der Waals surface area contributed by atoms with Crippen molar-refractivity contribution < 1.29 is 4.79 Å². The van der Waals surface area contributed by atoms with Crippen molar-refractivity contribution in [2.45, 2.75) is 19.4 Å². The smallest absolute Gasteiger partial charge is 0.231 e. The maximum absolute atomic E-state index is 10.4. The summed E-state index contributed by atoms with van der Waals surface area (Å²) in [7, 11) is 4.01. The van der Waals surface area contributed by atoms with E-state index in [0.717, 1.165) is 6.54 Å². The summed E-state index contributed by atoms with van der Waals surface area (Å²) in [5.74, 6) is -0.315. The van der Waals surface area contributed by atoms with Crippen LogP contribution in [0.15, 0.2) is 0 Å². The fourth-order valence-electron chi connectivity index (χ4n) is 0.650. The minimum absolute atomic E-state index is 0.0510. The zero-order chi connectivity index (χ0) is 9.78. The molecule has 1 amide bonds. The maximum Gasteiger partial charge on any atom is 0.231 e. The number of carbonyl (C=O) groups is 1. The van der Waals surface area contributed by atoms with Gasteiger partial charge in [-0.25, -0.2) is 0 Å². The quantitative estimate of drug-likeness (QED) is 0.584. The first-order valence-corrected chi connectivity index (χ1v) is 4.03. The lowest BCUT2D eigenvalue weighted by Crippen LogP contribution is -2.48. The van der Waals surface area contributed by atoms with E-state index in [0.29, 0.717) is 0 Å². The number of primary amides is 1. The molecule has 0 heterocycles. The van der Waals surface area contributed by atoms with Crippen molar-refractivity contribution in [3.05, 3.63) is 0 Å². The lowest BCUT2D eigenvalue weighted by molar-refractivity contribution is -0.117. The number of nitrogens with one attached hydrogen (secondary N) is 1. The molecule has 0 atom stereocenters. The van der Waals surface area contributed by atoms with Crippen LogP contribution in [0.5, 0.6) is 0 Å². The molecule has 3 N–H and O–H groups in total. The Kier molecular flexibility index (Phi) is 4.20. The molecule has 4 heteroatoms. The van der Waals surface area contributed by atoms with E-state index in [1.807, 2.05) is 14.1 Å². The standard InChI is InChI=1S/C8H19N3O/c1-8(2,11(3)4)6-10-5-7(9)12/h10H,5-6H2,1-4H3,(H2,9,12). The highest BCUT2D eigenvalue weighted by Crippen LogP contribution is 2.06. The monoisotopic (exact) mass is 173 g/mol. The van der Waals surface area contributed by atoms with Crippen LogP contribution in [0.3, 0.4) is 0 Å². The van der Waals surface area contributed by atoms with Gasteiger partial charge in [-0.1, -0.05) is 0 Å². The largest absolute Gasteiger partial charge is 0.369 e. The van der Waals surface area contributed by atoms with Crippen LogP contribution < -0.4 is 11.1 Å². The summed E-state index contributed by atoms with van der Waals surface area (Å²) in [5.41, 5.74) is 5.03. The number of likely N-dealkylation sites (N-methyl/N-ethyl adjacent to an activating group) is 1. The molecule has 12 heavy (non-hydrogen) atoms. The van der Waals surface area contributed by atoms with Gasteiger partial charge in [0.05, 0.1) is 6.54 Å². The molecule has 0 unspecified atom stereocenters. The number of rotatable bonds is 5. The molecule has 4 nitrogen and oxygen atoms in total. The minimum atomic E-state index is -0.315. The van der Waals surface area contributed by atoms with Crippen LogP contribution in [-0.2, 0) is 4.79 Å². The third kappa shape index (κ3) is 4.31. The second-order valence-electron chi connectivity index (χ2n) is 3.78. The van der Waals surface area contributed by atoms with Crippen LogP contribution in [0.2, 0.25) is 0 Å². The van der Waals surface area contributed by atoms with Gasteiger partial charge in [0.15, 0.2) is 0 Å². The predicted octanol–water partition coefficient (Wildman–Crippen LogP) is -0.598. The molecule has 0 saturated carbocycles. The molecular formula is C8H19N3O. The van der Waals surface area contributed by atoms with Crippen molar-refractivity contribution >= 4 is 5.91 Å². The highest BCUT2D eigenvalue weighted by Gasteiger charge is 2.19. The van der Waals surface area contributed by atoms with Gasteiger partial charge in [0.25, 0.3) is 0 Å². The van der Waals surface area contributed by atoms with Gasteiger partial charge in [0.2, 0.25) is 5.91 Å². The van der Waals surface area contributed by atoms with Gasteiger partial charge < -0.3 is 16.0 Å². The SMILES string of the molecule is CN(C)C(C)(C)CNCC(N)=O. The first-order valence-electron chi connectivity index (χ1n) is 4.03. The summed E-state index contributed by atoms with van der Waals surface area (Å²) in [6.45, 7) is 5.20. The highest BCUT2D eigenvalue weighted by molar-refractivity contribution is 5.75. The number of carbonyl (C=O) groups excluding carboxylic acids is 1. The van der Waals surface area contributed by atoms with Gasteiger partial charge in [-0.05, 0) is 27.9 Å². The fourth-order valence-corrected chi connectivity index (χ4v) is 0.650. The lowest BCUT2D eigenvalue weighted by atomic mass is 10.0. The van der Waals surface area contributed by atoms with E-state index >= 15 is 0 Å². The van der Waals surface area contributed by atoms with E-state index in [-0.39, 0.29) is 18.0 Å². The Morgan fingerprint density at radius 3 is 2.33 bits per heavy atom. The molecule has 0 aromatic carbocycles. The molecule has 0 saturated heterocycles. The Bertz CT molecular complexity index is 154. The molecule has 0 aromatic heterocycles. The summed E-state index contributed by atoms with van der Waals surface area (Å²) in [4.78, 5) is 12.5. The van der Waals surface area contributed by atoms with E-state index in [4.69, 9.17) is 5.73 Å². The normalized spacial score (nSPS) is 12.1. The number of nitrogens with two attached hydrogens (primary N) is 1. The summed E-state index contributed by atoms with van der Waals surface area (Å²) < 4.78 is 0. The predicted molar refractivity (Wildman–Crippen MR) is 49.8 cm³/mol. The van der Waals surface area contributed by atoms with Crippen LogP contribution in [0.4, 0.5) is 0 Å². The van der Waals surface area contributed by atoms with E-state index in [2.05, 4.69) is 24.1 Å². The van der Waals surface area contributed by atoms with Crippen molar-refractivity contribution in [3.8, 4) is 0 Å². The Hall–Kier alpha value is -0.610. The van der Waals surface area contributed by atoms with Crippen LogP contribution in [-0.4, -0.2) is 43.5 Å². The number of hydrogen-bond donors (Lipinski definition) is 2. The van der Waals surface area contributed by atoms with E-state index in [1.54, 1.807) is 0 Å². The van der Waals surface area contributed by atoms with Crippen LogP contribution >= 0.6 is 0 Å². The van der Waals surface area contributed by atoms with Gasteiger partial charge >= 0.3 is 0 Å². The molecule has 0 aliphatic heterocycles. The van der Waals surface area contributed by atoms with Crippen LogP contribution in [0.25, 0.3) is 0 Å². The molecule has 0 fully saturated rings. The Morgan fingerprint density at radius 2 is 2.00 bits per heavy atom. The van der Waals surface area contributed by atoms with Gasteiger partial charge in [0.1, 0.15) is 0 Å². The molecule has 0 aliphatic rings. The van der Waals surface area contributed by atoms with Crippen molar-refractivity contribution in [1.82, 2.24) is 10.2 Å². The van der Waals surface area contributed by atoms with E-state index < -0.39 is 0 Å². The molecule has 0 rings (SSSR count). The lowest BCUT2D eigenvalue weighted by Gasteiger charge is -2.32. The third-order valence-corrected chi connectivity index (χ3v) is 2.07. The van der Waals surface area contributed by atoms with Crippen molar-refractivity contribution in [1.29, 1.82) is 0 Å².